The number of pyridine rings is 1. The number of phenols is 1. The smallest absolute Gasteiger partial charge is 0.507 e. The summed E-state index contributed by atoms with van der Waals surface area (Å²) in [4.78, 5) is 4.76. The van der Waals surface area contributed by atoms with E-state index in [-0.39, 0.29) is 86.3 Å². The Morgan fingerprint density at radius 3 is 2.22 bits per heavy atom. The molecule has 0 bridgehead atoms. The van der Waals surface area contributed by atoms with E-state index in [2.05, 4.69) is 12.2 Å². The van der Waals surface area contributed by atoms with Gasteiger partial charge < -0.3 is 43.4 Å². The fraction of sp³-hybridized carbons (Fsp3) is 0.425. The maximum absolute atomic E-state index is 15.0. The number of nitrogens with zero attached hydrogens (tertiary/aromatic N) is 1. The summed E-state index contributed by atoms with van der Waals surface area (Å²) in [6.07, 6.45) is 16.5. The van der Waals surface area contributed by atoms with Crippen molar-refractivity contribution in [2.75, 3.05) is 7.11 Å². The van der Waals surface area contributed by atoms with Crippen molar-refractivity contribution in [1.82, 2.24) is 4.98 Å². The Labute approximate surface area is 346 Å². The van der Waals surface area contributed by atoms with Crippen LogP contribution in [0.3, 0.4) is 0 Å². The van der Waals surface area contributed by atoms with Crippen molar-refractivity contribution in [1.29, 1.82) is 5.41 Å². The molecule has 5 rings (SSSR count). The molecule has 2 unspecified atom stereocenters. The molecular weight excluding hydrogens is 678 g/mol. The molecule has 3 aliphatic carbocycles. The van der Waals surface area contributed by atoms with Crippen molar-refractivity contribution in [2.24, 2.45) is 17.4 Å². The third-order valence-corrected chi connectivity index (χ3v) is 8.00. The first-order valence-corrected chi connectivity index (χ1v) is 16.9. The maximum Gasteiger partial charge on any atom is 1.00 e. The Balaban J connectivity index is 0.00000153. The number of rotatable bonds is 9. The summed E-state index contributed by atoms with van der Waals surface area (Å²) >= 11 is 0. The molecule has 11 heteroatoms. The van der Waals surface area contributed by atoms with Crippen LogP contribution in [0.2, 0.25) is 0 Å². The molecule has 0 amide bonds. The molecule has 2 atom stereocenters. The van der Waals surface area contributed by atoms with E-state index in [0.717, 1.165) is 30.9 Å². The maximum atomic E-state index is 15.0. The molecule has 8 N–H and O–H groups in total. The van der Waals surface area contributed by atoms with E-state index >= 15 is 0 Å². The molecule has 2 saturated carbocycles. The molecule has 2 aromatic rings. The second kappa shape index (κ2) is 24.3. The molecule has 1 aromatic heterocycles. The third kappa shape index (κ3) is 15.3. The number of nitrogens with two attached hydrogens (primary N) is 2. The largest absolute Gasteiger partial charge is 1.00 e. The summed E-state index contributed by atoms with van der Waals surface area (Å²) in [6, 6.07) is 5.31. The number of ether oxygens (including phenoxy) is 1. The quantitative estimate of drug-likeness (QED) is 0.0859. The molecule has 0 aliphatic heterocycles. The summed E-state index contributed by atoms with van der Waals surface area (Å²) in [5, 5.41) is 37.7. The monoisotopic (exact) mass is 731 g/mol. The van der Waals surface area contributed by atoms with Crippen LogP contribution >= 0.6 is 0 Å². The predicted molar refractivity (Wildman–Crippen MR) is 197 cm³/mol. The SMILES string of the molecule is CC.CC=CN.NC#CO.[CH-]1CC1.[CH-]=C1C=C(CC(O)(CC2CC2)c2cc(C(C)CC)c(C)c(-c3cc(O)c(F)cc3F)n2)C=C(OC)C1=N.[K+]. The van der Waals surface area contributed by atoms with E-state index in [9.17, 15) is 19.0 Å². The average molecular weight is 732 g/mol. The van der Waals surface area contributed by atoms with Crippen LogP contribution in [0.5, 0.6) is 5.75 Å². The van der Waals surface area contributed by atoms with Gasteiger partial charge >= 0.3 is 51.4 Å². The number of aliphatic hydroxyl groups excluding tert-OH is 1. The van der Waals surface area contributed by atoms with Gasteiger partial charge in [-0.1, -0.05) is 52.2 Å². The van der Waals surface area contributed by atoms with Gasteiger partial charge in [-0.05, 0) is 86.2 Å². The molecule has 274 valence electrons. The van der Waals surface area contributed by atoms with Gasteiger partial charge in [0.2, 0.25) is 0 Å². The molecule has 0 saturated heterocycles. The van der Waals surface area contributed by atoms with Crippen molar-refractivity contribution in [3.63, 3.8) is 0 Å². The molecule has 0 radical (unpaired) electrons. The average Bonchev–Trinajstić information content (AvgIpc) is 4.04. The van der Waals surface area contributed by atoms with Crippen LogP contribution in [-0.2, 0) is 10.3 Å². The number of methoxy groups -OCH3 is 1. The first-order chi connectivity index (χ1) is 23.8. The minimum atomic E-state index is -1.41. The molecule has 1 heterocycles. The number of aliphatic hydroxyl groups is 2. The van der Waals surface area contributed by atoms with Crippen molar-refractivity contribution in [3.05, 3.63) is 101 Å². The van der Waals surface area contributed by atoms with E-state index < -0.39 is 23.0 Å². The Kier molecular flexibility index (Phi) is 22.9. The number of allylic oxidation sites excluding steroid dienone is 4. The van der Waals surface area contributed by atoms with Crippen molar-refractivity contribution in [2.45, 2.75) is 98.0 Å². The van der Waals surface area contributed by atoms with Crippen LogP contribution in [0.4, 0.5) is 8.78 Å². The van der Waals surface area contributed by atoms with Crippen LogP contribution in [0.1, 0.15) is 102 Å². The number of hydrogen-bond acceptors (Lipinski definition) is 8. The Morgan fingerprint density at radius 2 is 1.76 bits per heavy atom. The minimum Gasteiger partial charge on any atom is -0.507 e. The van der Waals surface area contributed by atoms with Gasteiger partial charge in [-0.2, -0.15) is 11.6 Å². The number of aromatic hydroxyl groups is 1. The van der Waals surface area contributed by atoms with Crippen LogP contribution in [0.25, 0.3) is 11.3 Å². The minimum absolute atomic E-state index is 0. The first kappa shape index (κ1) is 48.0. The van der Waals surface area contributed by atoms with Crippen LogP contribution in [-0.4, -0.2) is 33.1 Å². The van der Waals surface area contributed by atoms with Gasteiger partial charge in [-0.3, -0.25) is 0 Å². The van der Waals surface area contributed by atoms with Crippen LogP contribution < -0.4 is 62.9 Å². The zero-order valence-electron chi connectivity index (χ0n) is 31.4. The number of nitrogens with one attached hydrogen (secondary N) is 1. The van der Waals surface area contributed by atoms with Gasteiger partial charge in [0.25, 0.3) is 0 Å². The standard InChI is InChI=1S/C30H33F2N2O3.C3H7N.C3H5.C2H3NO.C2H6.K/c1-6-16(2)21-12-27(34-29(18(21)4)22-11-25(35)24(32)13-23(22)31)30(36,14-19-7-8-19)15-20-9-17(3)28(33)26(10-20)37-5;1-2-3-4;1-2-3-1;3-1-2-4;1-2;/h3,9-13,16,19,33,35-36H,6-8,14-15H2,1-2,4-5H3;2-3H,4H2,1H3;1H,2-3H2;4H,3H2;1-2H3;/q-1;;-1;;;+1. The number of aromatic nitrogens is 1. The Morgan fingerprint density at radius 1 is 1.20 bits per heavy atom. The summed E-state index contributed by atoms with van der Waals surface area (Å²) in [5.74, 6) is -1.84. The zero-order valence-corrected chi connectivity index (χ0v) is 34.5. The summed E-state index contributed by atoms with van der Waals surface area (Å²) < 4.78 is 34.1. The number of benzene rings is 1. The number of phenolic OH excluding ortho intramolecular Hbond substituents is 1. The summed E-state index contributed by atoms with van der Waals surface area (Å²) in [7, 11) is 1.46. The van der Waals surface area contributed by atoms with Crippen molar-refractivity contribution in [3.8, 4) is 29.2 Å². The van der Waals surface area contributed by atoms with Crippen molar-refractivity contribution < 1.29 is 80.2 Å². The molecule has 1 aromatic carbocycles. The second-order valence-electron chi connectivity index (χ2n) is 11.9. The normalized spacial score (nSPS) is 15.7. The molecule has 51 heavy (non-hydrogen) atoms. The van der Waals surface area contributed by atoms with Gasteiger partial charge in [0.15, 0.2) is 11.6 Å². The van der Waals surface area contributed by atoms with Crippen molar-refractivity contribution >= 4 is 5.71 Å². The molecule has 8 nitrogen and oxygen atoms in total. The molecule has 2 fully saturated rings. The van der Waals surface area contributed by atoms with Gasteiger partial charge in [-0.25, -0.2) is 33.2 Å². The number of halogens is 2. The summed E-state index contributed by atoms with van der Waals surface area (Å²) in [6.45, 7) is 17.8. The fourth-order valence-corrected chi connectivity index (χ4v) is 4.94. The van der Waals surface area contributed by atoms with Gasteiger partial charge in [0, 0.05) is 17.7 Å². The van der Waals surface area contributed by atoms with Crippen LogP contribution in [0.15, 0.2) is 59.5 Å². The van der Waals surface area contributed by atoms with E-state index in [1.54, 1.807) is 24.3 Å². The van der Waals surface area contributed by atoms with Gasteiger partial charge in [0.05, 0.1) is 24.3 Å². The third-order valence-electron chi connectivity index (χ3n) is 8.00. The second-order valence-corrected chi connectivity index (χ2v) is 11.9. The summed E-state index contributed by atoms with van der Waals surface area (Å²) in [5.41, 5.74) is 11.1. The molecule has 0 spiro atoms. The van der Waals surface area contributed by atoms with Gasteiger partial charge in [0.1, 0.15) is 17.5 Å². The van der Waals surface area contributed by atoms with E-state index in [0.29, 0.717) is 41.0 Å². The first-order valence-electron chi connectivity index (χ1n) is 16.9. The van der Waals surface area contributed by atoms with Crippen LogP contribution in [0, 0.1) is 55.0 Å². The van der Waals surface area contributed by atoms with Gasteiger partial charge in [-0.15, -0.1) is 0 Å². The Hall–Kier alpha value is -2.98. The zero-order chi connectivity index (χ0) is 38.0. The topological polar surface area (TPSA) is 159 Å². The fourth-order valence-electron chi connectivity index (χ4n) is 4.94. The molecular formula is C40H54F2KN4O4-. The predicted octanol–water partition coefficient (Wildman–Crippen LogP) is 5.51. The van der Waals surface area contributed by atoms with E-state index in [1.807, 2.05) is 47.6 Å². The van der Waals surface area contributed by atoms with E-state index in [1.165, 1.54) is 32.3 Å². The molecule has 3 aliphatic rings. The number of hydrogen-bond donors (Lipinski definition) is 6. The van der Waals surface area contributed by atoms with E-state index in [4.69, 9.17) is 32.5 Å². The Bertz CT molecular complexity index is 1590.